The predicted octanol–water partition coefficient (Wildman–Crippen LogP) is 3.40. The van der Waals surface area contributed by atoms with Gasteiger partial charge in [-0.15, -0.1) is 0 Å². The Labute approximate surface area is 187 Å². The van der Waals surface area contributed by atoms with Gasteiger partial charge < -0.3 is 10.2 Å². The van der Waals surface area contributed by atoms with Crippen LogP contribution in [0.4, 0.5) is 5.95 Å². The van der Waals surface area contributed by atoms with E-state index in [0.29, 0.717) is 18.2 Å². The number of nitrogens with zero attached hydrogens (tertiary/aromatic N) is 5. The number of thioether (sulfide) groups is 1. The molecule has 1 N–H and O–H groups in total. The molecule has 0 aliphatic carbocycles. The summed E-state index contributed by atoms with van der Waals surface area (Å²) in [6.07, 6.45) is 9.35. The summed E-state index contributed by atoms with van der Waals surface area (Å²) in [4.78, 5) is 27.7. The Bertz CT molecular complexity index is 1010. The van der Waals surface area contributed by atoms with Crippen LogP contribution in [0.5, 0.6) is 0 Å². The van der Waals surface area contributed by atoms with Crippen molar-refractivity contribution >= 4 is 23.6 Å². The number of piperidine rings is 1. The number of carbonyl (C=O) groups is 1. The van der Waals surface area contributed by atoms with Crippen LogP contribution in [-0.4, -0.2) is 50.8 Å². The minimum atomic E-state index is 0.0503. The number of aromatic nitrogens is 4. The number of nitrogens with one attached hydrogen (secondary N) is 1. The molecule has 1 fully saturated rings. The van der Waals surface area contributed by atoms with Crippen LogP contribution in [0.3, 0.4) is 0 Å². The Morgan fingerprint density at radius 2 is 1.87 bits per heavy atom. The number of hydrogen-bond acceptors (Lipinski definition) is 6. The fourth-order valence-electron chi connectivity index (χ4n) is 3.81. The molecule has 1 aliphatic heterocycles. The van der Waals surface area contributed by atoms with Gasteiger partial charge in [0.1, 0.15) is 0 Å². The van der Waals surface area contributed by atoms with Gasteiger partial charge in [-0.3, -0.25) is 9.36 Å². The van der Waals surface area contributed by atoms with Gasteiger partial charge in [-0.1, -0.05) is 23.9 Å². The zero-order valence-corrected chi connectivity index (χ0v) is 18.8. The van der Waals surface area contributed by atoms with E-state index in [1.54, 1.807) is 18.6 Å². The molecule has 0 spiro atoms. The van der Waals surface area contributed by atoms with E-state index in [2.05, 4.69) is 55.7 Å². The maximum atomic E-state index is 12.4. The van der Waals surface area contributed by atoms with Gasteiger partial charge in [0.25, 0.3) is 0 Å². The second-order valence-electron chi connectivity index (χ2n) is 7.87. The number of imidazole rings is 1. The lowest BCUT2D eigenvalue weighted by Gasteiger charge is -2.31. The topological polar surface area (TPSA) is 75.9 Å². The largest absolute Gasteiger partial charge is 0.355 e. The number of aryl methyl sites for hydroxylation is 1. The van der Waals surface area contributed by atoms with Crippen molar-refractivity contribution in [3.63, 3.8) is 0 Å². The van der Waals surface area contributed by atoms with Crippen LogP contribution in [0.25, 0.3) is 5.69 Å². The third kappa shape index (κ3) is 5.25. The summed E-state index contributed by atoms with van der Waals surface area (Å²) in [5, 5.41) is 3.94. The quantitative estimate of drug-likeness (QED) is 0.572. The maximum Gasteiger partial charge on any atom is 0.230 e. The summed E-state index contributed by atoms with van der Waals surface area (Å²) in [7, 11) is 0. The lowest BCUT2D eigenvalue weighted by Crippen LogP contribution is -2.39. The molecule has 1 saturated heterocycles. The van der Waals surface area contributed by atoms with E-state index in [9.17, 15) is 4.79 Å². The fourth-order valence-corrected chi connectivity index (χ4v) is 4.60. The molecule has 0 bridgehead atoms. The van der Waals surface area contributed by atoms with Crippen LogP contribution in [0.2, 0.25) is 0 Å². The van der Waals surface area contributed by atoms with E-state index in [0.717, 1.165) is 42.7 Å². The summed E-state index contributed by atoms with van der Waals surface area (Å²) in [5.41, 5.74) is 3.57. The van der Waals surface area contributed by atoms with Crippen molar-refractivity contribution < 1.29 is 4.79 Å². The standard InChI is InChI=1S/C23H28N6OS/c1-17-5-3-6-20(18(17)2)29-14-11-26-23(29)31-16-21(30)27-15-19-7-12-28(13-8-19)22-24-9-4-10-25-22/h3-6,9-11,14,19H,7-8,12-13,15-16H2,1-2H3,(H,27,30). The molecule has 162 valence electrons. The first kappa shape index (κ1) is 21.4. The van der Waals surface area contributed by atoms with Gasteiger partial charge in [0, 0.05) is 44.4 Å². The second kappa shape index (κ2) is 9.96. The van der Waals surface area contributed by atoms with Crippen molar-refractivity contribution in [1.29, 1.82) is 0 Å². The zero-order chi connectivity index (χ0) is 21.6. The van der Waals surface area contributed by atoms with Crippen LogP contribution in [-0.2, 0) is 4.79 Å². The molecule has 0 unspecified atom stereocenters. The van der Waals surface area contributed by atoms with Crippen molar-refractivity contribution in [2.24, 2.45) is 5.92 Å². The van der Waals surface area contributed by atoms with Gasteiger partial charge in [0.2, 0.25) is 11.9 Å². The molecule has 0 radical (unpaired) electrons. The van der Waals surface area contributed by atoms with Gasteiger partial charge in [0.15, 0.2) is 5.16 Å². The molecule has 3 aromatic rings. The van der Waals surface area contributed by atoms with Crippen LogP contribution >= 0.6 is 11.8 Å². The molecule has 0 atom stereocenters. The molecule has 1 amide bonds. The maximum absolute atomic E-state index is 12.4. The molecule has 1 aromatic carbocycles. The van der Waals surface area contributed by atoms with E-state index in [4.69, 9.17) is 0 Å². The number of hydrogen-bond donors (Lipinski definition) is 1. The van der Waals surface area contributed by atoms with Crippen molar-refractivity contribution in [2.75, 3.05) is 30.3 Å². The molecule has 1 aliphatic rings. The van der Waals surface area contributed by atoms with E-state index in [1.165, 1.54) is 22.9 Å². The molecule has 31 heavy (non-hydrogen) atoms. The smallest absolute Gasteiger partial charge is 0.230 e. The highest BCUT2D eigenvalue weighted by Crippen LogP contribution is 2.24. The number of benzene rings is 1. The van der Waals surface area contributed by atoms with E-state index in [-0.39, 0.29) is 5.91 Å². The summed E-state index contributed by atoms with van der Waals surface area (Å²) >= 11 is 1.47. The molecule has 2 aromatic heterocycles. The zero-order valence-electron chi connectivity index (χ0n) is 18.0. The average Bonchev–Trinajstić information content (AvgIpc) is 3.27. The first-order chi connectivity index (χ1) is 15.1. The number of rotatable bonds is 7. The van der Waals surface area contributed by atoms with Gasteiger partial charge in [-0.05, 0) is 55.9 Å². The molecule has 4 rings (SSSR count). The predicted molar refractivity (Wildman–Crippen MR) is 124 cm³/mol. The second-order valence-corrected chi connectivity index (χ2v) is 8.81. The highest BCUT2D eigenvalue weighted by atomic mass is 32.2. The normalized spacial score (nSPS) is 14.6. The minimum Gasteiger partial charge on any atom is -0.355 e. The lowest BCUT2D eigenvalue weighted by atomic mass is 9.97. The SMILES string of the molecule is Cc1cccc(-n2ccnc2SCC(=O)NCC2CCN(c3ncccn3)CC2)c1C. The molecule has 7 nitrogen and oxygen atoms in total. The Kier molecular flexibility index (Phi) is 6.86. The van der Waals surface area contributed by atoms with Crippen LogP contribution in [0.1, 0.15) is 24.0 Å². The van der Waals surface area contributed by atoms with E-state index < -0.39 is 0 Å². The van der Waals surface area contributed by atoms with Crippen molar-refractivity contribution in [1.82, 2.24) is 24.8 Å². The Morgan fingerprint density at radius 1 is 1.10 bits per heavy atom. The van der Waals surface area contributed by atoms with E-state index in [1.807, 2.05) is 18.3 Å². The van der Waals surface area contributed by atoms with Crippen LogP contribution in [0.15, 0.2) is 54.2 Å². The first-order valence-corrected chi connectivity index (χ1v) is 11.6. The summed E-state index contributed by atoms with van der Waals surface area (Å²) in [5.74, 6) is 1.69. The highest BCUT2D eigenvalue weighted by Gasteiger charge is 2.21. The number of amides is 1. The van der Waals surface area contributed by atoms with Crippen molar-refractivity contribution in [2.45, 2.75) is 31.8 Å². The monoisotopic (exact) mass is 436 g/mol. The van der Waals surface area contributed by atoms with Crippen LogP contribution < -0.4 is 10.2 Å². The van der Waals surface area contributed by atoms with Crippen molar-refractivity contribution in [3.05, 3.63) is 60.2 Å². The molecular weight excluding hydrogens is 408 g/mol. The number of anilines is 1. The summed E-state index contributed by atoms with van der Waals surface area (Å²) in [6, 6.07) is 8.07. The Hall–Kier alpha value is -2.87. The molecule has 3 heterocycles. The number of carbonyl (C=O) groups excluding carboxylic acids is 1. The van der Waals surface area contributed by atoms with Gasteiger partial charge in [0.05, 0.1) is 11.4 Å². The lowest BCUT2D eigenvalue weighted by molar-refractivity contribution is -0.118. The van der Waals surface area contributed by atoms with E-state index >= 15 is 0 Å². The minimum absolute atomic E-state index is 0.0503. The van der Waals surface area contributed by atoms with Gasteiger partial charge in [-0.2, -0.15) is 0 Å². The Morgan fingerprint density at radius 3 is 2.65 bits per heavy atom. The fraction of sp³-hybridized carbons (Fsp3) is 0.391. The van der Waals surface area contributed by atoms with Gasteiger partial charge >= 0.3 is 0 Å². The van der Waals surface area contributed by atoms with Gasteiger partial charge in [-0.25, -0.2) is 15.0 Å². The summed E-state index contributed by atoms with van der Waals surface area (Å²) in [6.45, 7) is 6.78. The average molecular weight is 437 g/mol. The molecule has 8 heteroatoms. The summed E-state index contributed by atoms with van der Waals surface area (Å²) < 4.78 is 2.06. The highest BCUT2D eigenvalue weighted by molar-refractivity contribution is 7.99. The van der Waals surface area contributed by atoms with Crippen LogP contribution in [0, 0.1) is 19.8 Å². The third-order valence-corrected chi connectivity index (χ3v) is 6.78. The molecular formula is C23H28N6OS. The third-order valence-electron chi connectivity index (χ3n) is 5.81. The Balaban J connectivity index is 1.24. The first-order valence-electron chi connectivity index (χ1n) is 10.6. The molecule has 0 saturated carbocycles. The van der Waals surface area contributed by atoms with Crippen molar-refractivity contribution in [3.8, 4) is 5.69 Å².